The highest BCUT2D eigenvalue weighted by Gasteiger charge is 2.32. The van der Waals surface area contributed by atoms with Gasteiger partial charge in [-0.25, -0.2) is 0 Å². The van der Waals surface area contributed by atoms with Crippen molar-refractivity contribution in [2.24, 2.45) is 0 Å². The van der Waals surface area contributed by atoms with Gasteiger partial charge in [0.05, 0.1) is 4.92 Å². The first-order chi connectivity index (χ1) is 16.2. The molecule has 0 radical (unpaired) electrons. The third-order valence-corrected chi connectivity index (χ3v) is 7.88. The van der Waals surface area contributed by atoms with Crippen molar-refractivity contribution in [3.63, 3.8) is 0 Å². The molecule has 1 unspecified atom stereocenters. The van der Waals surface area contributed by atoms with Gasteiger partial charge in [0.2, 0.25) is 0 Å². The average Bonchev–Trinajstić information content (AvgIpc) is 3.27. The van der Waals surface area contributed by atoms with Crippen LogP contribution in [0.1, 0.15) is 16.4 Å². The number of hydrogen-bond acceptors (Lipinski definition) is 8. The molecule has 0 aliphatic heterocycles. The third kappa shape index (κ3) is 6.53. The molecule has 2 N–H and O–H groups in total. The molecule has 1 aromatic heterocycles. The molecule has 8 nitrogen and oxygen atoms in total. The smallest absolute Gasteiger partial charge is 0.327 e. The Morgan fingerprint density at radius 2 is 1.65 bits per heavy atom. The molecule has 1 atom stereocenters. The van der Waals surface area contributed by atoms with Crippen molar-refractivity contribution < 1.29 is 17.5 Å². The summed E-state index contributed by atoms with van der Waals surface area (Å²) in [5.74, 6) is 0.962. The van der Waals surface area contributed by atoms with Crippen LogP contribution < -0.4 is 14.8 Å². The quantitative estimate of drug-likeness (QED) is 0.109. The second-order valence-corrected chi connectivity index (χ2v) is 10.7. The maximum Gasteiger partial charge on any atom is 0.327 e. The molecule has 3 aromatic rings. The van der Waals surface area contributed by atoms with Crippen molar-refractivity contribution in [3.05, 3.63) is 81.2 Å². The van der Waals surface area contributed by atoms with Crippen LogP contribution in [0.3, 0.4) is 0 Å². The number of nitrogen functional groups attached to an aromatic ring is 1. The lowest BCUT2D eigenvalue weighted by Gasteiger charge is -2.23. The van der Waals surface area contributed by atoms with Crippen molar-refractivity contribution >= 4 is 61.0 Å². The van der Waals surface area contributed by atoms with Crippen LogP contribution in [0.4, 0.5) is 16.4 Å². The van der Waals surface area contributed by atoms with E-state index in [1.807, 2.05) is 4.90 Å². The minimum atomic E-state index is -4.23. The molecule has 2 aromatic carbocycles. The zero-order valence-corrected chi connectivity index (χ0v) is 21.1. The molecule has 0 amide bonds. The van der Waals surface area contributed by atoms with Gasteiger partial charge in [-0.2, -0.15) is 8.42 Å². The fourth-order valence-corrected chi connectivity index (χ4v) is 5.95. The predicted molar refractivity (Wildman–Crippen MR) is 138 cm³/mol. The van der Waals surface area contributed by atoms with E-state index in [2.05, 4.69) is 0 Å². The van der Waals surface area contributed by atoms with Gasteiger partial charge in [-0.05, 0) is 53.4 Å². The van der Waals surface area contributed by atoms with E-state index in [1.54, 1.807) is 60.0 Å². The van der Waals surface area contributed by atoms with Crippen molar-refractivity contribution in [2.75, 3.05) is 35.5 Å². The molecule has 0 spiro atoms. The molecule has 12 heteroatoms. The Kier molecular flexibility index (Phi) is 9.01. The number of nitrogens with two attached hydrogens (primary N) is 1. The number of anilines is 2. The first kappa shape index (κ1) is 26.1. The van der Waals surface area contributed by atoms with E-state index < -0.39 is 20.3 Å². The lowest BCUT2D eigenvalue weighted by Crippen LogP contribution is -2.27. The molecular weight excluding hydrogens is 521 g/mol. The number of benzene rings is 2. The van der Waals surface area contributed by atoms with E-state index in [9.17, 15) is 18.5 Å². The van der Waals surface area contributed by atoms with Crippen LogP contribution in [0.25, 0.3) is 0 Å². The van der Waals surface area contributed by atoms with Crippen molar-refractivity contribution in [2.45, 2.75) is 11.7 Å². The average molecular weight is 544 g/mol. The number of thiophene rings is 1. The summed E-state index contributed by atoms with van der Waals surface area (Å²) in [5, 5.41) is 11.7. The lowest BCUT2D eigenvalue weighted by atomic mass is 10.1. The first-order valence-corrected chi connectivity index (χ1v) is 13.6. The van der Waals surface area contributed by atoms with Gasteiger partial charge in [0.1, 0.15) is 11.0 Å². The van der Waals surface area contributed by atoms with Crippen LogP contribution in [0.5, 0.6) is 5.75 Å². The highest BCUT2D eigenvalue weighted by molar-refractivity contribution is 7.87. The standard InChI is InChI=1S/C22H23Cl2N3O5S2/c23-10-12-26(13-11-24)19-5-7-20(8-6-19)32-34(30,31)21(16-1-3-18(25)4-2-16)15-17-9-14-33-22(17)27(28)29/h1-9,14,21H,10-13,15,25H2. The maximum atomic E-state index is 13.4. The molecule has 34 heavy (non-hydrogen) atoms. The zero-order valence-electron chi connectivity index (χ0n) is 18.0. The molecule has 0 saturated heterocycles. The summed E-state index contributed by atoms with van der Waals surface area (Å²) in [6, 6.07) is 14.4. The van der Waals surface area contributed by atoms with Crippen LogP contribution >= 0.6 is 34.5 Å². The minimum absolute atomic E-state index is 0.0985. The van der Waals surface area contributed by atoms with Crippen LogP contribution in [0.2, 0.25) is 0 Å². The highest BCUT2D eigenvalue weighted by atomic mass is 35.5. The summed E-state index contributed by atoms with van der Waals surface area (Å²) in [6.07, 6.45) is -0.122. The number of rotatable bonds is 12. The SMILES string of the molecule is Nc1ccc(C(Cc2ccsc2[N+](=O)[O-])S(=O)(=O)Oc2ccc(N(CCCl)CCCl)cc2)cc1. The fraction of sp³-hybridized carbons (Fsp3) is 0.273. The van der Waals surface area contributed by atoms with Gasteiger partial charge in [-0.3, -0.25) is 10.1 Å². The van der Waals surface area contributed by atoms with Crippen LogP contribution in [0, 0.1) is 10.1 Å². The summed E-state index contributed by atoms with van der Waals surface area (Å²) >= 11 is 12.7. The van der Waals surface area contributed by atoms with Gasteiger partial charge < -0.3 is 14.8 Å². The second-order valence-electron chi connectivity index (χ2n) is 7.30. The van der Waals surface area contributed by atoms with E-state index >= 15 is 0 Å². The third-order valence-electron chi connectivity index (χ3n) is 5.07. The number of nitrogens with zero attached hydrogens (tertiary/aromatic N) is 2. The summed E-state index contributed by atoms with van der Waals surface area (Å²) in [6.45, 7) is 1.18. The van der Waals surface area contributed by atoms with Gasteiger partial charge in [-0.15, -0.1) is 23.2 Å². The number of hydrogen-bond donors (Lipinski definition) is 1. The first-order valence-electron chi connectivity index (χ1n) is 10.2. The normalized spacial score (nSPS) is 12.3. The number of nitro groups is 1. The molecule has 1 heterocycles. The molecule has 0 bridgehead atoms. The van der Waals surface area contributed by atoms with Gasteiger partial charge >= 0.3 is 15.1 Å². The van der Waals surface area contributed by atoms with Gasteiger partial charge in [0, 0.05) is 48.2 Å². The Labute approximate surface area is 212 Å². The van der Waals surface area contributed by atoms with Crippen molar-refractivity contribution in [3.8, 4) is 5.75 Å². The topological polar surface area (TPSA) is 116 Å². The molecule has 0 saturated carbocycles. The predicted octanol–water partition coefficient (Wildman–Crippen LogP) is 5.22. The maximum absolute atomic E-state index is 13.4. The molecule has 0 aliphatic carbocycles. The van der Waals surface area contributed by atoms with Gasteiger partial charge in [0.15, 0.2) is 0 Å². The Morgan fingerprint density at radius 1 is 1.03 bits per heavy atom. The van der Waals surface area contributed by atoms with Gasteiger partial charge in [0.25, 0.3) is 0 Å². The molecule has 0 fully saturated rings. The number of alkyl halides is 2. The molecule has 182 valence electrons. The Morgan fingerprint density at radius 3 is 2.21 bits per heavy atom. The van der Waals surface area contributed by atoms with E-state index in [4.69, 9.17) is 33.1 Å². The molecule has 3 rings (SSSR count). The molecule has 0 aliphatic rings. The number of halogens is 2. The second kappa shape index (κ2) is 11.7. The summed E-state index contributed by atoms with van der Waals surface area (Å²) in [4.78, 5) is 12.8. The van der Waals surface area contributed by atoms with Crippen molar-refractivity contribution in [1.29, 1.82) is 0 Å². The van der Waals surface area contributed by atoms with Gasteiger partial charge in [-0.1, -0.05) is 23.5 Å². The minimum Gasteiger partial charge on any atom is -0.399 e. The van der Waals surface area contributed by atoms with Crippen LogP contribution in [-0.4, -0.2) is 38.2 Å². The summed E-state index contributed by atoms with van der Waals surface area (Å²) in [5.41, 5.74) is 7.78. The van der Waals surface area contributed by atoms with E-state index in [-0.39, 0.29) is 17.2 Å². The Bertz CT molecular complexity index is 1200. The molecular formula is C22H23Cl2N3O5S2. The van der Waals surface area contributed by atoms with E-state index in [0.29, 0.717) is 41.7 Å². The zero-order chi connectivity index (χ0) is 24.7. The summed E-state index contributed by atoms with van der Waals surface area (Å²) in [7, 11) is -4.23. The lowest BCUT2D eigenvalue weighted by molar-refractivity contribution is -0.380. The van der Waals surface area contributed by atoms with Crippen molar-refractivity contribution in [1.82, 2.24) is 0 Å². The van der Waals surface area contributed by atoms with Crippen LogP contribution in [-0.2, 0) is 16.5 Å². The van der Waals surface area contributed by atoms with Crippen LogP contribution in [0.15, 0.2) is 60.0 Å². The van der Waals surface area contributed by atoms with E-state index in [0.717, 1.165) is 17.0 Å². The Hall–Kier alpha value is -2.53. The monoisotopic (exact) mass is 543 g/mol. The highest BCUT2D eigenvalue weighted by Crippen LogP contribution is 2.35. The largest absolute Gasteiger partial charge is 0.399 e. The summed E-state index contributed by atoms with van der Waals surface area (Å²) < 4.78 is 32.2. The van der Waals surface area contributed by atoms with E-state index in [1.165, 1.54) is 0 Å². The fourth-order valence-electron chi connectivity index (χ4n) is 3.42. The Balaban J connectivity index is 1.90.